The number of pyridine rings is 1. The van der Waals surface area contributed by atoms with Gasteiger partial charge < -0.3 is 19.8 Å². The van der Waals surface area contributed by atoms with Gasteiger partial charge in [0.1, 0.15) is 16.6 Å². The van der Waals surface area contributed by atoms with E-state index in [1.165, 1.54) is 29.7 Å². The van der Waals surface area contributed by atoms with Crippen LogP contribution in [-0.4, -0.2) is 17.5 Å². The van der Waals surface area contributed by atoms with Crippen LogP contribution >= 0.6 is 11.3 Å². The lowest BCUT2D eigenvalue weighted by molar-refractivity contribution is -0.0498. The molecular formula is C25H23F2N3O3S. The van der Waals surface area contributed by atoms with Gasteiger partial charge in [0.25, 0.3) is 5.91 Å². The molecule has 4 rings (SSSR count). The molecule has 0 aliphatic rings. The molecule has 0 radical (unpaired) electrons. The highest BCUT2D eigenvalue weighted by Crippen LogP contribution is 2.38. The number of ether oxygens (including phenoxy) is 1. The summed E-state index contributed by atoms with van der Waals surface area (Å²) < 4.78 is 35.0. The van der Waals surface area contributed by atoms with E-state index in [0.717, 1.165) is 28.0 Å². The number of nitrogens with one attached hydrogen (secondary N) is 2. The summed E-state index contributed by atoms with van der Waals surface area (Å²) in [5.41, 5.74) is 2.65. The topological polar surface area (TPSA) is 76.4 Å². The van der Waals surface area contributed by atoms with E-state index in [2.05, 4.69) is 20.4 Å². The molecule has 6 nitrogen and oxygen atoms in total. The first-order valence-electron chi connectivity index (χ1n) is 10.6. The Bertz CT molecular complexity index is 1240. The van der Waals surface area contributed by atoms with Crippen LogP contribution in [0.25, 0.3) is 0 Å². The van der Waals surface area contributed by atoms with E-state index >= 15 is 0 Å². The van der Waals surface area contributed by atoms with Crippen molar-refractivity contribution in [2.45, 2.75) is 32.9 Å². The molecule has 1 amide bonds. The summed E-state index contributed by atoms with van der Waals surface area (Å²) in [6, 6.07) is 15.1. The number of alkyl halides is 2. The fraction of sp³-hybridized carbons (Fsp3) is 0.200. The number of carbonyl (C=O) groups excluding carboxylic acids is 1. The number of amides is 1. The van der Waals surface area contributed by atoms with Crippen LogP contribution in [0.2, 0.25) is 0 Å². The van der Waals surface area contributed by atoms with Gasteiger partial charge in [-0.05, 0) is 66.9 Å². The van der Waals surface area contributed by atoms with Crippen molar-refractivity contribution in [3.63, 3.8) is 0 Å². The first-order valence-corrected chi connectivity index (χ1v) is 11.5. The van der Waals surface area contributed by atoms with Crippen molar-refractivity contribution in [1.82, 2.24) is 4.98 Å². The van der Waals surface area contributed by atoms with Gasteiger partial charge in [0.05, 0.1) is 12.3 Å². The maximum atomic E-state index is 12.7. The SMILES string of the molecule is CCc1cc(C(Nc2cc(C)ccn2)c2ccc(OC(F)F)cc2)c(NC(=O)c2ccco2)s1. The summed E-state index contributed by atoms with van der Waals surface area (Å²) in [5.74, 6) is 0.558. The Morgan fingerprint density at radius 2 is 1.97 bits per heavy atom. The molecule has 3 aromatic heterocycles. The fourth-order valence-corrected chi connectivity index (χ4v) is 4.49. The maximum absolute atomic E-state index is 12.7. The van der Waals surface area contributed by atoms with Crippen LogP contribution in [0.5, 0.6) is 5.75 Å². The van der Waals surface area contributed by atoms with Crippen molar-refractivity contribution in [3.8, 4) is 5.75 Å². The van der Waals surface area contributed by atoms with Crippen LogP contribution < -0.4 is 15.4 Å². The van der Waals surface area contributed by atoms with Gasteiger partial charge >= 0.3 is 6.61 Å². The second-order valence-electron chi connectivity index (χ2n) is 7.53. The van der Waals surface area contributed by atoms with Gasteiger partial charge in [-0.2, -0.15) is 8.78 Å². The minimum Gasteiger partial charge on any atom is -0.459 e. The van der Waals surface area contributed by atoms with E-state index in [1.54, 1.807) is 30.5 Å². The van der Waals surface area contributed by atoms with Crippen LogP contribution in [0, 0.1) is 6.92 Å². The van der Waals surface area contributed by atoms with Gasteiger partial charge in [0, 0.05) is 16.6 Å². The Morgan fingerprint density at radius 1 is 1.18 bits per heavy atom. The van der Waals surface area contributed by atoms with Crippen molar-refractivity contribution >= 4 is 28.1 Å². The predicted molar refractivity (Wildman–Crippen MR) is 128 cm³/mol. The van der Waals surface area contributed by atoms with Crippen LogP contribution in [0.3, 0.4) is 0 Å². The van der Waals surface area contributed by atoms with E-state index in [0.29, 0.717) is 10.8 Å². The molecule has 0 bridgehead atoms. The summed E-state index contributed by atoms with van der Waals surface area (Å²) in [7, 11) is 0. The van der Waals surface area contributed by atoms with Gasteiger partial charge in [0.15, 0.2) is 5.76 Å². The first kappa shape index (κ1) is 23.4. The number of rotatable bonds is 9. The highest BCUT2D eigenvalue weighted by molar-refractivity contribution is 7.16. The average Bonchev–Trinajstić information content (AvgIpc) is 3.48. The highest BCUT2D eigenvalue weighted by Gasteiger charge is 2.23. The molecule has 4 aromatic rings. The standard InChI is InChI=1S/C25H23F2N3O3S/c1-3-18-14-19(24(34-18)30-23(31)20-5-4-12-32-20)22(29-21-13-15(2)10-11-28-21)16-6-8-17(9-7-16)33-25(26)27/h4-14,22,25H,3H2,1-2H3,(H,28,29)(H,30,31). The van der Waals surface area contributed by atoms with Crippen LogP contribution in [-0.2, 0) is 6.42 Å². The quantitative estimate of drug-likeness (QED) is 0.278. The molecule has 2 N–H and O–H groups in total. The lowest BCUT2D eigenvalue weighted by atomic mass is 9.99. The van der Waals surface area contributed by atoms with Crippen LogP contribution in [0.1, 0.15) is 45.1 Å². The lowest BCUT2D eigenvalue weighted by Crippen LogP contribution is -2.17. The highest BCUT2D eigenvalue weighted by atomic mass is 32.1. The molecule has 0 fully saturated rings. The lowest BCUT2D eigenvalue weighted by Gasteiger charge is -2.21. The van der Waals surface area contributed by atoms with E-state index in [1.807, 2.05) is 32.0 Å². The third-order valence-electron chi connectivity index (χ3n) is 5.09. The normalized spacial score (nSPS) is 11.9. The van der Waals surface area contributed by atoms with E-state index in [9.17, 15) is 13.6 Å². The molecule has 1 atom stereocenters. The van der Waals surface area contributed by atoms with E-state index < -0.39 is 12.7 Å². The number of aromatic nitrogens is 1. The molecule has 176 valence electrons. The molecule has 0 aliphatic carbocycles. The molecule has 0 aliphatic heterocycles. The van der Waals surface area contributed by atoms with E-state index in [-0.39, 0.29) is 17.4 Å². The summed E-state index contributed by atoms with van der Waals surface area (Å²) >= 11 is 1.48. The van der Waals surface area contributed by atoms with Crippen molar-refractivity contribution in [2.75, 3.05) is 10.6 Å². The summed E-state index contributed by atoms with van der Waals surface area (Å²) in [5, 5.41) is 7.05. The van der Waals surface area contributed by atoms with Gasteiger partial charge in [-0.15, -0.1) is 11.3 Å². The number of furan rings is 1. The summed E-state index contributed by atoms with van der Waals surface area (Å²) in [6.45, 7) is 1.10. The molecule has 1 unspecified atom stereocenters. The smallest absolute Gasteiger partial charge is 0.387 e. The molecule has 3 heterocycles. The molecule has 34 heavy (non-hydrogen) atoms. The summed E-state index contributed by atoms with van der Waals surface area (Å²) in [6.07, 6.45) is 3.93. The van der Waals surface area contributed by atoms with Gasteiger partial charge in [-0.1, -0.05) is 19.1 Å². The Morgan fingerprint density at radius 3 is 2.62 bits per heavy atom. The zero-order chi connectivity index (χ0) is 24.1. The number of halogens is 2. The third-order valence-corrected chi connectivity index (χ3v) is 6.30. The van der Waals surface area contributed by atoms with Crippen molar-refractivity contribution in [1.29, 1.82) is 0 Å². The second-order valence-corrected chi connectivity index (χ2v) is 8.66. The predicted octanol–water partition coefficient (Wildman–Crippen LogP) is 6.66. The van der Waals surface area contributed by atoms with E-state index in [4.69, 9.17) is 4.42 Å². The molecule has 0 saturated carbocycles. The third kappa shape index (κ3) is 5.60. The number of benzene rings is 1. The number of anilines is 2. The van der Waals surface area contributed by atoms with Crippen molar-refractivity contribution in [3.05, 3.63) is 94.4 Å². The Labute approximate surface area is 199 Å². The van der Waals surface area contributed by atoms with Gasteiger partial charge in [-0.25, -0.2) is 4.98 Å². The molecule has 0 spiro atoms. The first-order chi connectivity index (χ1) is 16.4. The van der Waals surface area contributed by atoms with Gasteiger partial charge in [-0.3, -0.25) is 4.79 Å². The monoisotopic (exact) mass is 483 g/mol. The molecule has 1 aromatic carbocycles. The largest absolute Gasteiger partial charge is 0.459 e. The number of aryl methyl sites for hydroxylation is 2. The van der Waals surface area contributed by atoms with Gasteiger partial charge in [0.2, 0.25) is 0 Å². The number of carbonyl (C=O) groups is 1. The Balaban J connectivity index is 1.73. The summed E-state index contributed by atoms with van der Waals surface area (Å²) in [4.78, 5) is 18.2. The molecular weight excluding hydrogens is 460 g/mol. The maximum Gasteiger partial charge on any atom is 0.387 e. The molecule has 9 heteroatoms. The van der Waals surface area contributed by atoms with Crippen LogP contribution in [0.15, 0.2) is 71.5 Å². The number of hydrogen-bond donors (Lipinski definition) is 2. The second kappa shape index (κ2) is 10.5. The molecule has 0 saturated heterocycles. The average molecular weight is 484 g/mol. The van der Waals surface area contributed by atoms with Crippen molar-refractivity contribution < 1.29 is 22.7 Å². The van der Waals surface area contributed by atoms with Crippen LogP contribution in [0.4, 0.5) is 19.6 Å². The number of nitrogens with zero attached hydrogens (tertiary/aromatic N) is 1. The zero-order valence-corrected chi connectivity index (χ0v) is 19.4. The Kier molecular flexibility index (Phi) is 7.22. The Hall–Kier alpha value is -3.72. The minimum atomic E-state index is -2.90. The fourth-order valence-electron chi connectivity index (χ4n) is 3.46. The van der Waals surface area contributed by atoms with Crippen molar-refractivity contribution in [2.24, 2.45) is 0 Å². The number of thiophene rings is 1. The zero-order valence-electron chi connectivity index (χ0n) is 18.5. The minimum absolute atomic E-state index is 0.0668. The number of hydrogen-bond acceptors (Lipinski definition) is 6.